The molecule has 0 spiro atoms. The zero-order valence-electron chi connectivity index (χ0n) is 16.3. The quantitative estimate of drug-likeness (QED) is 0.345. The Balaban J connectivity index is 2.08. The summed E-state index contributed by atoms with van der Waals surface area (Å²) in [6.45, 7) is -0.588. The second-order valence-electron chi connectivity index (χ2n) is 5.87. The molecule has 0 aliphatic heterocycles. The molecular formula is C20H21F4N3O3. The zero-order valence-corrected chi connectivity index (χ0v) is 16.3. The van der Waals surface area contributed by atoms with Crippen LogP contribution in [0.15, 0.2) is 47.6 Å². The molecule has 30 heavy (non-hydrogen) atoms. The van der Waals surface area contributed by atoms with Crippen LogP contribution in [-0.4, -0.2) is 38.4 Å². The second kappa shape index (κ2) is 11.0. The standard InChI is InChI=1S/C20H21F4N3O3/c1-3-27(4-2)15-8-5-13(6-9-15)18(28)26-25-12-14-7-10-16(29-19(21)22)11-17(14)30-20(23)24/h5-12,19-20H,3-4H2,1-2H3,(H,26,28)/b25-12-. The fraction of sp³-hybridized carbons (Fsp3) is 0.300. The van der Waals surface area contributed by atoms with E-state index in [0.717, 1.165) is 37.1 Å². The molecule has 6 nitrogen and oxygen atoms in total. The Morgan fingerprint density at radius 1 is 1.03 bits per heavy atom. The lowest BCUT2D eigenvalue weighted by Gasteiger charge is -2.20. The van der Waals surface area contributed by atoms with Crippen molar-refractivity contribution in [2.45, 2.75) is 27.1 Å². The van der Waals surface area contributed by atoms with Gasteiger partial charge in [0.2, 0.25) is 0 Å². The van der Waals surface area contributed by atoms with E-state index in [-0.39, 0.29) is 11.3 Å². The van der Waals surface area contributed by atoms with E-state index >= 15 is 0 Å². The van der Waals surface area contributed by atoms with E-state index in [1.807, 2.05) is 26.0 Å². The zero-order chi connectivity index (χ0) is 22.1. The maximum absolute atomic E-state index is 12.6. The third-order valence-electron chi connectivity index (χ3n) is 4.05. The minimum atomic E-state index is -3.18. The molecule has 1 N–H and O–H groups in total. The lowest BCUT2D eigenvalue weighted by atomic mass is 10.2. The van der Waals surface area contributed by atoms with Crippen molar-refractivity contribution in [3.05, 3.63) is 53.6 Å². The van der Waals surface area contributed by atoms with Crippen LogP contribution in [0, 0.1) is 0 Å². The summed E-state index contributed by atoms with van der Waals surface area (Å²) in [5.41, 5.74) is 3.64. The Bertz CT molecular complexity index is 857. The molecule has 0 aromatic heterocycles. The van der Waals surface area contributed by atoms with Crippen molar-refractivity contribution < 1.29 is 31.8 Å². The van der Waals surface area contributed by atoms with Crippen LogP contribution < -0.4 is 19.8 Å². The molecule has 0 aliphatic carbocycles. The lowest BCUT2D eigenvalue weighted by molar-refractivity contribution is -0.0543. The van der Waals surface area contributed by atoms with Gasteiger partial charge in [0.15, 0.2) is 0 Å². The number of halogens is 4. The fourth-order valence-corrected chi connectivity index (χ4v) is 2.63. The normalized spacial score (nSPS) is 11.2. The van der Waals surface area contributed by atoms with Gasteiger partial charge in [-0.25, -0.2) is 5.43 Å². The van der Waals surface area contributed by atoms with Crippen molar-refractivity contribution in [1.29, 1.82) is 0 Å². The van der Waals surface area contributed by atoms with E-state index in [1.54, 1.807) is 12.1 Å². The predicted molar refractivity (Wildman–Crippen MR) is 105 cm³/mol. The molecule has 0 unspecified atom stereocenters. The van der Waals surface area contributed by atoms with E-state index < -0.39 is 24.9 Å². The number of hydrazone groups is 1. The number of nitrogens with one attached hydrogen (secondary N) is 1. The minimum Gasteiger partial charge on any atom is -0.435 e. The Hall–Kier alpha value is -3.30. The molecule has 0 atom stereocenters. The minimum absolute atomic E-state index is 0.0362. The number of carbonyl (C=O) groups excluding carboxylic acids is 1. The van der Waals surface area contributed by atoms with Gasteiger partial charge >= 0.3 is 13.2 Å². The van der Waals surface area contributed by atoms with Gasteiger partial charge in [0.1, 0.15) is 11.5 Å². The summed E-state index contributed by atoms with van der Waals surface area (Å²) in [7, 11) is 0. The Labute approximate surface area is 171 Å². The maximum Gasteiger partial charge on any atom is 0.387 e. The summed E-state index contributed by atoms with van der Waals surface area (Å²) in [5.74, 6) is -1.29. The number of ether oxygens (including phenoxy) is 2. The highest BCUT2D eigenvalue weighted by atomic mass is 19.3. The summed E-state index contributed by atoms with van der Waals surface area (Å²) in [6.07, 6.45) is 1.06. The largest absolute Gasteiger partial charge is 0.435 e. The van der Waals surface area contributed by atoms with E-state index in [9.17, 15) is 22.4 Å². The summed E-state index contributed by atoms with van der Waals surface area (Å²) < 4.78 is 58.2. The van der Waals surface area contributed by atoms with Crippen molar-refractivity contribution in [1.82, 2.24) is 5.43 Å². The van der Waals surface area contributed by atoms with Gasteiger partial charge in [0.05, 0.1) is 6.21 Å². The van der Waals surface area contributed by atoms with Crippen molar-refractivity contribution in [3.63, 3.8) is 0 Å². The van der Waals surface area contributed by atoms with Crippen molar-refractivity contribution in [2.24, 2.45) is 5.10 Å². The van der Waals surface area contributed by atoms with Crippen LogP contribution in [0.3, 0.4) is 0 Å². The first kappa shape index (κ1) is 23.0. The fourth-order valence-electron chi connectivity index (χ4n) is 2.63. The summed E-state index contributed by atoms with van der Waals surface area (Å²) in [6, 6.07) is 10.1. The van der Waals surface area contributed by atoms with Gasteiger partial charge in [0, 0.05) is 36.0 Å². The molecule has 162 valence electrons. The van der Waals surface area contributed by atoms with E-state index in [4.69, 9.17) is 0 Å². The number of rotatable bonds is 10. The summed E-state index contributed by atoms with van der Waals surface area (Å²) in [5, 5.41) is 3.72. The van der Waals surface area contributed by atoms with Crippen LogP contribution >= 0.6 is 0 Å². The van der Waals surface area contributed by atoms with Crippen LogP contribution in [-0.2, 0) is 0 Å². The molecule has 0 aliphatic rings. The predicted octanol–water partition coefficient (Wildman–Crippen LogP) is 4.50. The highest BCUT2D eigenvalue weighted by Gasteiger charge is 2.13. The third-order valence-corrected chi connectivity index (χ3v) is 4.05. The highest BCUT2D eigenvalue weighted by molar-refractivity contribution is 5.95. The van der Waals surface area contributed by atoms with Gasteiger partial charge in [-0.3, -0.25) is 4.79 Å². The molecule has 10 heteroatoms. The second-order valence-corrected chi connectivity index (χ2v) is 5.87. The maximum atomic E-state index is 12.6. The topological polar surface area (TPSA) is 63.2 Å². The van der Waals surface area contributed by atoms with Gasteiger partial charge < -0.3 is 14.4 Å². The molecule has 2 aromatic rings. The molecule has 0 saturated carbocycles. The number of hydrogen-bond donors (Lipinski definition) is 1. The first-order chi connectivity index (χ1) is 14.3. The highest BCUT2D eigenvalue weighted by Crippen LogP contribution is 2.26. The van der Waals surface area contributed by atoms with Crippen molar-refractivity contribution in [3.8, 4) is 11.5 Å². The summed E-state index contributed by atoms with van der Waals surface area (Å²) in [4.78, 5) is 14.3. The van der Waals surface area contributed by atoms with E-state index in [0.29, 0.717) is 5.56 Å². The molecule has 2 rings (SSSR count). The molecule has 0 bridgehead atoms. The van der Waals surface area contributed by atoms with Gasteiger partial charge in [-0.2, -0.15) is 22.7 Å². The van der Waals surface area contributed by atoms with Gasteiger partial charge in [-0.05, 0) is 50.2 Å². The number of benzene rings is 2. The van der Waals surface area contributed by atoms with Gasteiger partial charge in [-0.1, -0.05) is 0 Å². The Morgan fingerprint density at radius 3 is 2.23 bits per heavy atom. The van der Waals surface area contributed by atoms with Gasteiger partial charge in [-0.15, -0.1) is 0 Å². The molecular weight excluding hydrogens is 406 g/mol. The number of amides is 1. The van der Waals surface area contributed by atoms with Crippen molar-refractivity contribution in [2.75, 3.05) is 18.0 Å². The molecule has 2 aromatic carbocycles. The molecule has 0 heterocycles. The SMILES string of the molecule is CCN(CC)c1ccc(C(=O)N/N=C\c2ccc(OC(F)F)cc2OC(F)F)cc1. The van der Waals surface area contributed by atoms with Crippen LogP contribution in [0.5, 0.6) is 11.5 Å². The van der Waals surface area contributed by atoms with Crippen LogP contribution in [0.25, 0.3) is 0 Å². The molecule has 0 radical (unpaired) electrons. The van der Waals surface area contributed by atoms with Gasteiger partial charge in [0.25, 0.3) is 5.91 Å². The van der Waals surface area contributed by atoms with E-state index in [1.165, 1.54) is 6.07 Å². The molecule has 0 saturated heterocycles. The Morgan fingerprint density at radius 2 is 1.67 bits per heavy atom. The lowest BCUT2D eigenvalue weighted by Crippen LogP contribution is -2.22. The molecule has 1 amide bonds. The average Bonchev–Trinajstić information content (AvgIpc) is 2.70. The summed E-state index contributed by atoms with van der Waals surface area (Å²) >= 11 is 0. The average molecular weight is 427 g/mol. The first-order valence-electron chi connectivity index (χ1n) is 9.06. The van der Waals surface area contributed by atoms with E-state index in [2.05, 4.69) is 24.9 Å². The number of alkyl halides is 4. The van der Waals surface area contributed by atoms with Crippen molar-refractivity contribution >= 4 is 17.8 Å². The first-order valence-corrected chi connectivity index (χ1v) is 9.06. The number of anilines is 1. The number of nitrogens with zero attached hydrogens (tertiary/aromatic N) is 2. The number of hydrogen-bond acceptors (Lipinski definition) is 5. The molecule has 0 fully saturated rings. The number of carbonyl (C=O) groups is 1. The Kier molecular flexibility index (Phi) is 8.45. The van der Waals surface area contributed by atoms with Crippen LogP contribution in [0.1, 0.15) is 29.8 Å². The van der Waals surface area contributed by atoms with Crippen LogP contribution in [0.4, 0.5) is 23.2 Å². The third kappa shape index (κ3) is 6.64. The van der Waals surface area contributed by atoms with Crippen LogP contribution in [0.2, 0.25) is 0 Å². The smallest absolute Gasteiger partial charge is 0.387 e. The monoisotopic (exact) mass is 427 g/mol.